The Hall–Kier alpha value is -3.83. The molecule has 2 bridgehead atoms. The summed E-state index contributed by atoms with van der Waals surface area (Å²) in [5.41, 5.74) is 0.723. The number of aryl methyl sites for hydroxylation is 2. The molecule has 2 atom stereocenters. The Morgan fingerprint density at radius 2 is 2.02 bits per heavy atom. The lowest BCUT2D eigenvalue weighted by Crippen LogP contribution is -2.54. The monoisotopic (exact) mass is 555 g/mol. The van der Waals surface area contributed by atoms with Crippen LogP contribution in [-0.2, 0) is 27.3 Å². The molecule has 1 aromatic heterocycles. The Labute approximate surface area is 233 Å². The third-order valence-electron chi connectivity index (χ3n) is 7.52. The molecule has 0 aliphatic carbocycles. The average Bonchev–Trinajstić information content (AvgIpc) is 3.62. The Morgan fingerprint density at radius 3 is 2.77 bits per heavy atom. The SMILES string of the molecule is CC(C)[C@@H]1CN(C(=O)CCCn2cncn2)CC(=O)NCCCc2ccc(F)c(c2)C(=O)N2CCC[C@H]2C(=O)N1. The second-order valence-corrected chi connectivity index (χ2v) is 10.8. The molecule has 1 aromatic carbocycles. The molecule has 2 aliphatic rings. The summed E-state index contributed by atoms with van der Waals surface area (Å²) in [6, 6.07) is 3.27. The van der Waals surface area contributed by atoms with Crippen LogP contribution in [0.3, 0.4) is 0 Å². The molecule has 216 valence electrons. The minimum atomic E-state index is -0.734. The number of halogens is 1. The summed E-state index contributed by atoms with van der Waals surface area (Å²) in [6.07, 6.45) is 5.96. The number of nitrogens with one attached hydrogen (secondary N) is 2. The van der Waals surface area contributed by atoms with Crippen molar-refractivity contribution < 1.29 is 23.6 Å². The Balaban J connectivity index is 1.55. The van der Waals surface area contributed by atoms with Crippen molar-refractivity contribution in [3.05, 3.63) is 47.8 Å². The van der Waals surface area contributed by atoms with E-state index < -0.39 is 23.8 Å². The highest BCUT2D eigenvalue weighted by Crippen LogP contribution is 2.23. The molecule has 11 nitrogen and oxygen atoms in total. The predicted octanol–water partition coefficient (Wildman–Crippen LogP) is 1.53. The normalized spacial score (nSPS) is 21.1. The fraction of sp³-hybridized carbons (Fsp3) is 0.571. The maximum absolute atomic E-state index is 14.7. The quantitative estimate of drug-likeness (QED) is 0.576. The summed E-state index contributed by atoms with van der Waals surface area (Å²) in [6.45, 7) is 5.13. The lowest BCUT2D eigenvalue weighted by molar-refractivity contribution is -0.137. The molecule has 12 heteroatoms. The summed E-state index contributed by atoms with van der Waals surface area (Å²) in [7, 11) is 0. The van der Waals surface area contributed by atoms with Gasteiger partial charge in [-0.05, 0) is 55.7 Å². The summed E-state index contributed by atoms with van der Waals surface area (Å²) in [5.74, 6) is -2.01. The molecule has 0 saturated carbocycles. The van der Waals surface area contributed by atoms with Gasteiger partial charge < -0.3 is 20.4 Å². The van der Waals surface area contributed by atoms with Gasteiger partial charge in [-0.3, -0.25) is 23.9 Å². The van der Waals surface area contributed by atoms with Crippen molar-refractivity contribution >= 4 is 23.6 Å². The molecule has 0 radical (unpaired) electrons. The van der Waals surface area contributed by atoms with E-state index in [0.717, 1.165) is 5.56 Å². The molecule has 4 rings (SSSR count). The first kappa shape index (κ1) is 29.2. The molecule has 3 heterocycles. The maximum Gasteiger partial charge on any atom is 0.257 e. The number of aromatic nitrogens is 3. The number of carbonyl (C=O) groups is 4. The van der Waals surface area contributed by atoms with Gasteiger partial charge in [0, 0.05) is 38.6 Å². The van der Waals surface area contributed by atoms with Crippen molar-refractivity contribution in [2.45, 2.75) is 71.0 Å². The van der Waals surface area contributed by atoms with E-state index >= 15 is 0 Å². The zero-order valence-corrected chi connectivity index (χ0v) is 23.1. The Kier molecular flexibility index (Phi) is 9.84. The molecule has 0 spiro atoms. The molecule has 1 saturated heterocycles. The van der Waals surface area contributed by atoms with Crippen LogP contribution in [0.15, 0.2) is 30.9 Å². The Morgan fingerprint density at radius 1 is 1.20 bits per heavy atom. The number of fused-ring (bicyclic) bond motifs is 3. The van der Waals surface area contributed by atoms with E-state index in [-0.39, 0.29) is 48.7 Å². The van der Waals surface area contributed by atoms with Gasteiger partial charge in [-0.1, -0.05) is 19.9 Å². The van der Waals surface area contributed by atoms with Crippen molar-refractivity contribution in [1.29, 1.82) is 0 Å². The van der Waals surface area contributed by atoms with Gasteiger partial charge in [0.25, 0.3) is 5.91 Å². The van der Waals surface area contributed by atoms with Crippen molar-refractivity contribution in [1.82, 2.24) is 35.2 Å². The minimum Gasteiger partial charge on any atom is -0.355 e. The first-order valence-electron chi connectivity index (χ1n) is 14.0. The van der Waals surface area contributed by atoms with Crippen LogP contribution in [0.4, 0.5) is 4.39 Å². The molecule has 1 fully saturated rings. The van der Waals surface area contributed by atoms with Crippen LogP contribution in [0, 0.1) is 11.7 Å². The molecular weight excluding hydrogens is 517 g/mol. The molecule has 4 amide bonds. The van der Waals surface area contributed by atoms with E-state index in [1.54, 1.807) is 23.1 Å². The van der Waals surface area contributed by atoms with Crippen molar-refractivity contribution in [3.8, 4) is 0 Å². The number of benzene rings is 1. The van der Waals surface area contributed by atoms with Crippen molar-refractivity contribution in [2.75, 3.05) is 26.2 Å². The van der Waals surface area contributed by atoms with E-state index in [9.17, 15) is 23.6 Å². The third-order valence-corrected chi connectivity index (χ3v) is 7.52. The van der Waals surface area contributed by atoms with Crippen LogP contribution < -0.4 is 10.6 Å². The number of hydrogen-bond donors (Lipinski definition) is 2. The highest BCUT2D eigenvalue weighted by molar-refractivity contribution is 5.98. The van der Waals surface area contributed by atoms with Crippen LogP contribution in [0.1, 0.15) is 61.9 Å². The molecule has 2 aliphatic heterocycles. The number of hydrogen-bond acceptors (Lipinski definition) is 6. The Bertz CT molecular complexity index is 1200. The third kappa shape index (κ3) is 7.42. The van der Waals surface area contributed by atoms with E-state index in [4.69, 9.17) is 0 Å². The average molecular weight is 556 g/mol. The predicted molar refractivity (Wildman–Crippen MR) is 144 cm³/mol. The van der Waals surface area contributed by atoms with E-state index in [1.807, 2.05) is 13.8 Å². The number of rotatable bonds is 5. The van der Waals surface area contributed by atoms with Gasteiger partial charge in [0.1, 0.15) is 24.5 Å². The fourth-order valence-electron chi connectivity index (χ4n) is 5.17. The van der Waals surface area contributed by atoms with Gasteiger partial charge in [0.2, 0.25) is 17.7 Å². The zero-order valence-electron chi connectivity index (χ0n) is 23.1. The summed E-state index contributed by atoms with van der Waals surface area (Å²) in [5, 5.41) is 9.94. The number of nitrogens with zero attached hydrogens (tertiary/aromatic N) is 5. The lowest BCUT2D eigenvalue weighted by atomic mass is 10.0. The van der Waals surface area contributed by atoms with Crippen LogP contribution in [0.5, 0.6) is 0 Å². The van der Waals surface area contributed by atoms with Crippen LogP contribution in [0.2, 0.25) is 0 Å². The van der Waals surface area contributed by atoms with Gasteiger partial charge in [-0.25, -0.2) is 9.37 Å². The number of carbonyl (C=O) groups excluding carboxylic acids is 4. The second kappa shape index (κ2) is 13.5. The highest BCUT2D eigenvalue weighted by Gasteiger charge is 2.37. The largest absolute Gasteiger partial charge is 0.355 e. The number of amides is 4. The first-order valence-corrected chi connectivity index (χ1v) is 14.0. The topological polar surface area (TPSA) is 130 Å². The van der Waals surface area contributed by atoms with Gasteiger partial charge in [0.05, 0.1) is 12.1 Å². The summed E-state index contributed by atoms with van der Waals surface area (Å²) in [4.78, 5) is 59.8. The van der Waals surface area contributed by atoms with Gasteiger partial charge in [0.15, 0.2) is 0 Å². The maximum atomic E-state index is 14.7. The molecule has 2 N–H and O–H groups in total. The molecule has 2 aromatic rings. The van der Waals surface area contributed by atoms with Crippen molar-refractivity contribution in [2.24, 2.45) is 5.92 Å². The standard InChI is InChI=1S/C28H38FN7O4/c1-19(2)23-15-34(26(38)8-5-12-35-18-30-17-32-35)16-25(37)31-11-3-6-20-9-10-22(29)21(14-20)28(40)36-13-4-7-24(36)27(39)33-23/h9-10,14,17-19,23-24H,3-8,11-13,15-16H2,1-2H3,(H,31,37)(H,33,39)/t23-,24-/m0/s1. The lowest BCUT2D eigenvalue weighted by Gasteiger charge is -2.32. The minimum absolute atomic E-state index is 0.0476. The summed E-state index contributed by atoms with van der Waals surface area (Å²) < 4.78 is 16.4. The van der Waals surface area contributed by atoms with Crippen LogP contribution in [0.25, 0.3) is 0 Å². The van der Waals surface area contributed by atoms with Crippen LogP contribution in [-0.4, -0.2) is 86.5 Å². The molecule has 40 heavy (non-hydrogen) atoms. The van der Waals surface area contributed by atoms with Gasteiger partial charge >= 0.3 is 0 Å². The van der Waals surface area contributed by atoms with E-state index in [2.05, 4.69) is 20.7 Å². The fourth-order valence-corrected chi connectivity index (χ4v) is 5.17. The molecular formula is C28H38FN7O4. The first-order chi connectivity index (χ1) is 19.2. The van der Waals surface area contributed by atoms with Crippen LogP contribution >= 0.6 is 0 Å². The molecule has 0 unspecified atom stereocenters. The second-order valence-electron chi connectivity index (χ2n) is 10.8. The highest BCUT2D eigenvalue weighted by atomic mass is 19.1. The van der Waals surface area contributed by atoms with Gasteiger partial charge in [-0.15, -0.1) is 0 Å². The van der Waals surface area contributed by atoms with E-state index in [0.29, 0.717) is 51.7 Å². The summed E-state index contributed by atoms with van der Waals surface area (Å²) >= 11 is 0. The van der Waals surface area contributed by atoms with Crippen molar-refractivity contribution in [3.63, 3.8) is 0 Å². The van der Waals surface area contributed by atoms with E-state index in [1.165, 1.54) is 22.2 Å². The smallest absolute Gasteiger partial charge is 0.257 e. The zero-order chi connectivity index (χ0) is 28.6. The van der Waals surface area contributed by atoms with Gasteiger partial charge in [-0.2, -0.15) is 5.10 Å².